The molecule has 1 N–H and O–H groups in total. The van der Waals surface area contributed by atoms with Gasteiger partial charge in [-0.1, -0.05) is 18.2 Å². The van der Waals surface area contributed by atoms with Crippen LogP contribution in [0.5, 0.6) is 5.75 Å². The Balaban J connectivity index is 1.89. The summed E-state index contributed by atoms with van der Waals surface area (Å²) in [6, 6.07) is 11.5. The van der Waals surface area contributed by atoms with Gasteiger partial charge in [0, 0.05) is 16.5 Å². The highest BCUT2D eigenvalue weighted by atomic mass is 32.1. The second-order valence-electron chi connectivity index (χ2n) is 5.10. The zero-order chi connectivity index (χ0) is 17.1. The van der Waals surface area contributed by atoms with Crippen molar-refractivity contribution in [2.45, 2.75) is 6.92 Å². The first-order valence-electron chi connectivity index (χ1n) is 7.25. The maximum atomic E-state index is 13.8. The van der Waals surface area contributed by atoms with Crippen molar-refractivity contribution >= 4 is 22.9 Å². The molecule has 2 aromatic carbocycles. The van der Waals surface area contributed by atoms with Gasteiger partial charge >= 0.3 is 0 Å². The molecule has 4 nitrogen and oxygen atoms in total. The number of nitrogens with one attached hydrogen (secondary N) is 1. The number of hydrogen-bond donors (Lipinski definition) is 1. The Morgan fingerprint density at radius 2 is 2.04 bits per heavy atom. The number of nitrogens with zero attached hydrogens (tertiary/aromatic N) is 1. The fraction of sp³-hybridized carbons (Fsp3) is 0.111. The fourth-order valence-corrected chi connectivity index (χ4v) is 2.92. The standard InChI is InChI=1S/C18H15FN2O2S/c1-11-20-16(10-24-11)13-5-3-4-6-15(13)21-18(22)12-7-8-17(23-2)14(19)9-12/h3-10H,1-2H3,(H,21,22). The fourth-order valence-electron chi connectivity index (χ4n) is 2.30. The summed E-state index contributed by atoms with van der Waals surface area (Å²) in [7, 11) is 1.38. The lowest BCUT2D eigenvalue weighted by Gasteiger charge is -2.10. The smallest absolute Gasteiger partial charge is 0.255 e. The highest BCUT2D eigenvalue weighted by molar-refractivity contribution is 7.09. The van der Waals surface area contributed by atoms with Crippen molar-refractivity contribution in [2.24, 2.45) is 0 Å². The lowest BCUT2D eigenvalue weighted by molar-refractivity contribution is 0.102. The monoisotopic (exact) mass is 342 g/mol. The van der Waals surface area contributed by atoms with Crippen LogP contribution in [-0.4, -0.2) is 18.0 Å². The number of para-hydroxylation sites is 1. The third-order valence-corrected chi connectivity index (χ3v) is 4.26. The molecule has 6 heteroatoms. The van der Waals surface area contributed by atoms with Gasteiger partial charge in [0.1, 0.15) is 0 Å². The van der Waals surface area contributed by atoms with Crippen molar-refractivity contribution in [1.82, 2.24) is 4.98 Å². The molecule has 0 fully saturated rings. The average molecular weight is 342 g/mol. The molecular formula is C18H15FN2O2S. The van der Waals surface area contributed by atoms with E-state index in [1.54, 1.807) is 17.4 Å². The molecule has 0 radical (unpaired) electrons. The van der Waals surface area contributed by atoms with E-state index in [9.17, 15) is 9.18 Å². The molecule has 122 valence electrons. The molecule has 0 atom stereocenters. The van der Waals surface area contributed by atoms with E-state index in [2.05, 4.69) is 10.3 Å². The van der Waals surface area contributed by atoms with Gasteiger partial charge in [-0.3, -0.25) is 4.79 Å². The highest BCUT2D eigenvalue weighted by Crippen LogP contribution is 2.29. The summed E-state index contributed by atoms with van der Waals surface area (Å²) in [6.07, 6.45) is 0. The first kappa shape index (κ1) is 16.1. The van der Waals surface area contributed by atoms with Crippen molar-refractivity contribution < 1.29 is 13.9 Å². The highest BCUT2D eigenvalue weighted by Gasteiger charge is 2.13. The van der Waals surface area contributed by atoms with Crippen LogP contribution >= 0.6 is 11.3 Å². The van der Waals surface area contributed by atoms with Gasteiger partial charge < -0.3 is 10.1 Å². The summed E-state index contributed by atoms with van der Waals surface area (Å²) in [4.78, 5) is 16.9. The number of amides is 1. The molecular weight excluding hydrogens is 327 g/mol. The Hall–Kier alpha value is -2.73. The molecule has 0 unspecified atom stereocenters. The quantitative estimate of drug-likeness (QED) is 0.758. The molecule has 0 saturated heterocycles. The number of carbonyl (C=O) groups is 1. The number of halogens is 1. The van der Waals surface area contributed by atoms with Gasteiger partial charge in [0.15, 0.2) is 11.6 Å². The topological polar surface area (TPSA) is 51.2 Å². The lowest BCUT2D eigenvalue weighted by Crippen LogP contribution is -2.13. The minimum absolute atomic E-state index is 0.102. The van der Waals surface area contributed by atoms with Crippen LogP contribution < -0.4 is 10.1 Å². The Kier molecular flexibility index (Phi) is 4.57. The van der Waals surface area contributed by atoms with E-state index < -0.39 is 11.7 Å². The summed E-state index contributed by atoms with van der Waals surface area (Å²) >= 11 is 1.54. The van der Waals surface area contributed by atoms with E-state index in [4.69, 9.17) is 4.74 Å². The first-order chi connectivity index (χ1) is 11.6. The zero-order valence-electron chi connectivity index (χ0n) is 13.2. The van der Waals surface area contributed by atoms with Crippen LogP contribution in [0.2, 0.25) is 0 Å². The van der Waals surface area contributed by atoms with E-state index in [1.165, 1.54) is 19.2 Å². The van der Waals surface area contributed by atoms with Crippen molar-refractivity contribution in [2.75, 3.05) is 12.4 Å². The number of anilines is 1. The molecule has 1 amide bonds. The summed E-state index contributed by atoms with van der Waals surface area (Å²) in [5.41, 5.74) is 2.47. The summed E-state index contributed by atoms with van der Waals surface area (Å²) in [6.45, 7) is 1.93. The summed E-state index contributed by atoms with van der Waals surface area (Å²) in [5, 5.41) is 5.70. The zero-order valence-corrected chi connectivity index (χ0v) is 14.0. The van der Waals surface area contributed by atoms with Gasteiger partial charge in [0.05, 0.1) is 23.5 Å². The SMILES string of the molecule is COc1ccc(C(=O)Nc2ccccc2-c2csc(C)n2)cc1F. The van der Waals surface area contributed by atoms with E-state index >= 15 is 0 Å². The third-order valence-electron chi connectivity index (χ3n) is 3.48. The predicted molar refractivity (Wildman–Crippen MR) is 93.2 cm³/mol. The van der Waals surface area contributed by atoms with Gasteiger partial charge in [-0.25, -0.2) is 9.37 Å². The number of aryl methyl sites for hydroxylation is 1. The van der Waals surface area contributed by atoms with Gasteiger partial charge in [-0.05, 0) is 31.2 Å². The lowest BCUT2D eigenvalue weighted by atomic mass is 10.1. The number of carbonyl (C=O) groups excluding carboxylic acids is 1. The number of ether oxygens (including phenoxy) is 1. The van der Waals surface area contributed by atoms with Crippen LogP contribution in [0.3, 0.4) is 0 Å². The molecule has 0 spiro atoms. The van der Waals surface area contributed by atoms with Gasteiger partial charge in [0.2, 0.25) is 0 Å². The second-order valence-corrected chi connectivity index (χ2v) is 6.16. The summed E-state index contributed by atoms with van der Waals surface area (Å²) < 4.78 is 18.6. The van der Waals surface area contributed by atoms with E-state index in [-0.39, 0.29) is 11.3 Å². The van der Waals surface area contributed by atoms with Crippen molar-refractivity contribution in [3.8, 4) is 17.0 Å². The van der Waals surface area contributed by atoms with E-state index in [0.717, 1.165) is 22.3 Å². The molecule has 1 aromatic heterocycles. The second kappa shape index (κ2) is 6.80. The first-order valence-corrected chi connectivity index (χ1v) is 8.13. The maximum absolute atomic E-state index is 13.8. The molecule has 0 saturated carbocycles. The Morgan fingerprint density at radius 1 is 1.25 bits per heavy atom. The predicted octanol–water partition coefficient (Wildman–Crippen LogP) is 4.52. The number of aromatic nitrogens is 1. The summed E-state index contributed by atoms with van der Waals surface area (Å²) in [5.74, 6) is -0.866. The molecule has 24 heavy (non-hydrogen) atoms. The van der Waals surface area contributed by atoms with Crippen LogP contribution in [0.15, 0.2) is 47.8 Å². The number of hydrogen-bond acceptors (Lipinski definition) is 4. The minimum atomic E-state index is -0.575. The van der Waals surface area contributed by atoms with Crippen LogP contribution in [0.25, 0.3) is 11.3 Å². The van der Waals surface area contributed by atoms with Gasteiger partial charge in [-0.15, -0.1) is 11.3 Å². The largest absolute Gasteiger partial charge is 0.494 e. The molecule has 0 aliphatic heterocycles. The van der Waals surface area contributed by atoms with Gasteiger partial charge in [0.25, 0.3) is 5.91 Å². The minimum Gasteiger partial charge on any atom is -0.494 e. The molecule has 3 rings (SSSR count). The van der Waals surface area contributed by atoms with E-state index in [1.807, 2.05) is 30.5 Å². The molecule has 1 heterocycles. The van der Waals surface area contributed by atoms with Gasteiger partial charge in [-0.2, -0.15) is 0 Å². The van der Waals surface area contributed by atoms with Crippen LogP contribution in [0.4, 0.5) is 10.1 Å². The van der Waals surface area contributed by atoms with Crippen LogP contribution in [0.1, 0.15) is 15.4 Å². The van der Waals surface area contributed by atoms with E-state index in [0.29, 0.717) is 5.69 Å². The van der Waals surface area contributed by atoms with Crippen LogP contribution in [0, 0.1) is 12.7 Å². The van der Waals surface area contributed by atoms with Crippen molar-refractivity contribution in [3.63, 3.8) is 0 Å². The van der Waals surface area contributed by atoms with Crippen molar-refractivity contribution in [3.05, 3.63) is 64.2 Å². The number of benzene rings is 2. The molecule has 0 aliphatic carbocycles. The number of methoxy groups -OCH3 is 1. The Bertz CT molecular complexity index is 892. The molecule has 0 bridgehead atoms. The Labute approximate surface area is 142 Å². The molecule has 0 aliphatic rings. The third kappa shape index (κ3) is 3.28. The average Bonchev–Trinajstić information content (AvgIpc) is 3.01. The van der Waals surface area contributed by atoms with Crippen LogP contribution in [-0.2, 0) is 0 Å². The normalized spacial score (nSPS) is 10.5. The Morgan fingerprint density at radius 3 is 2.71 bits per heavy atom. The molecule has 3 aromatic rings. The van der Waals surface area contributed by atoms with Crippen molar-refractivity contribution in [1.29, 1.82) is 0 Å². The maximum Gasteiger partial charge on any atom is 0.255 e. The number of thiazole rings is 1. The number of rotatable bonds is 4.